The van der Waals surface area contributed by atoms with Gasteiger partial charge in [0, 0.05) is 12.4 Å². The zero-order valence-electron chi connectivity index (χ0n) is 15.9. The molecular weight excluding hydrogens is 356 g/mol. The molecule has 0 aliphatic rings. The van der Waals surface area contributed by atoms with Gasteiger partial charge in [0.05, 0.1) is 16.7 Å². The molecule has 0 aliphatic carbocycles. The Morgan fingerprint density at radius 3 is 2.25 bits per heavy atom. The normalized spacial score (nSPS) is 11.4. The van der Waals surface area contributed by atoms with Gasteiger partial charge >= 0.3 is 5.69 Å². The molecule has 0 bridgehead atoms. The van der Waals surface area contributed by atoms with Crippen molar-refractivity contribution >= 4 is 27.8 Å². The third-order valence-corrected chi connectivity index (χ3v) is 5.03. The van der Waals surface area contributed by atoms with E-state index in [4.69, 9.17) is 5.73 Å². The van der Waals surface area contributed by atoms with Gasteiger partial charge in [-0.25, -0.2) is 9.36 Å². The molecule has 0 saturated heterocycles. The molecule has 142 valence electrons. The molecule has 0 saturated carbocycles. The summed E-state index contributed by atoms with van der Waals surface area (Å²) in [7, 11) is 1.78. The number of benzene rings is 2. The summed E-state index contributed by atoms with van der Waals surface area (Å²) >= 11 is 0. The second kappa shape index (κ2) is 6.23. The summed E-state index contributed by atoms with van der Waals surface area (Å²) in [5, 5.41) is 0.740. The number of rotatable bonds is 3. The van der Waals surface area contributed by atoms with Gasteiger partial charge in [-0.15, -0.1) is 0 Å². The molecule has 0 aliphatic heterocycles. The van der Waals surface area contributed by atoms with E-state index in [1.807, 2.05) is 44.2 Å². The molecule has 0 unspecified atom stereocenters. The Labute approximate surface area is 160 Å². The third kappa shape index (κ3) is 2.55. The van der Waals surface area contributed by atoms with Crippen molar-refractivity contribution in [3.05, 3.63) is 74.4 Å². The molecule has 4 aromatic rings. The minimum Gasteiger partial charge on any atom is -0.368 e. The lowest BCUT2D eigenvalue weighted by molar-refractivity contribution is -0.118. The van der Waals surface area contributed by atoms with E-state index in [0.29, 0.717) is 16.7 Å². The Balaban J connectivity index is 2.25. The van der Waals surface area contributed by atoms with Gasteiger partial charge in [0.2, 0.25) is 5.91 Å². The van der Waals surface area contributed by atoms with Crippen LogP contribution in [0.1, 0.15) is 11.1 Å². The Kier molecular flexibility index (Phi) is 3.96. The highest BCUT2D eigenvalue weighted by atomic mass is 16.2. The molecule has 2 aromatic heterocycles. The van der Waals surface area contributed by atoms with Crippen molar-refractivity contribution in [3.63, 3.8) is 0 Å². The number of nitrogens with zero attached hydrogens (tertiary/aromatic N) is 3. The summed E-state index contributed by atoms with van der Waals surface area (Å²) in [6, 6.07) is 12.8. The monoisotopic (exact) mass is 376 g/mol. The second-order valence-electron chi connectivity index (χ2n) is 7.09. The number of hydrogen-bond acceptors (Lipinski definition) is 3. The number of fused-ring (bicyclic) bond motifs is 3. The molecule has 28 heavy (non-hydrogen) atoms. The van der Waals surface area contributed by atoms with Crippen LogP contribution >= 0.6 is 0 Å². The molecular formula is C21H20N4O3. The van der Waals surface area contributed by atoms with Crippen molar-refractivity contribution in [2.45, 2.75) is 20.4 Å². The Morgan fingerprint density at radius 1 is 0.964 bits per heavy atom. The summed E-state index contributed by atoms with van der Waals surface area (Å²) in [5.41, 5.74) is 8.42. The molecule has 4 rings (SSSR count). The van der Waals surface area contributed by atoms with Crippen LogP contribution in [0.15, 0.2) is 52.1 Å². The fraction of sp³-hybridized carbons (Fsp3) is 0.190. The fourth-order valence-electron chi connectivity index (χ4n) is 3.69. The van der Waals surface area contributed by atoms with Crippen LogP contribution in [0.4, 0.5) is 0 Å². The number of hydrogen-bond donors (Lipinski definition) is 1. The number of aryl methyl sites for hydroxylation is 3. The number of carbonyl (C=O) groups excluding carboxylic acids is 1. The average Bonchev–Trinajstić information content (AvgIpc) is 2.92. The quantitative estimate of drug-likeness (QED) is 0.590. The molecule has 1 amide bonds. The van der Waals surface area contributed by atoms with Gasteiger partial charge in [0.25, 0.3) is 5.56 Å². The van der Waals surface area contributed by atoms with E-state index < -0.39 is 17.2 Å². The second-order valence-corrected chi connectivity index (χ2v) is 7.09. The highest BCUT2D eigenvalue weighted by Gasteiger charge is 2.21. The van der Waals surface area contributed by atoms with Gasteiger partial charge < -0.3 is 10.3 Å². The van der Waals surface area contributed by atoms with E-state index in [2.05, 4.69) is 0 Å². The maximum Gasteiger partial charge on any atom is 0.336 e. The highest BCUT2D eigenvalue weighted by molar-refractivity contribution is 6.06. The first-order chi connectivity index (χ1) is 13.3. The predicted molar refractivity (Wildman–Crippen MR) is 109 cm³/mol. The first-order valence-electron chi connectivity index (χ1n) is 8.89. The van der Waals surface area contributed by atoms with Gasteiger partial charge in [-0.3, -0.25) is 14.2 Å². The zero-order chi connectivity index (χ0) is 20.2. The fourth-order valence-corrected chi connectivity index (χ4v) is 3.69. The molecule has 7 nitrogen and oxygen atoms in total. The summed E-state index contributed by atoms with van der Waals surface area (Å²) in [5.74, 6) is -0.651. The van der Waals surface area contributed by atoms with Crippen LogP contribution in [0, 0.1) is 13.8 Å². The molecule has 2 N–H and O–H groups in total. The van der Waals surface area contributed by atoms with Crippen molar-refractivity contribution in [3.8, 4) is 5.69 Å². The molecule has 0 spiro atoms. The van der Waals surface area contributed by atoms with Crippen molar-refractivity contribution in [2.75, 3.05) is 0 Å². The van der Waals surface area contributed by atoms with Crippen LogP contribution in [-0.4, -0.2) is 19.6 Å². The first-order valence-corrected chi connectivity index (χ1v) is 8.89. The summed E-state index contributed by atoms with van der Waals surface area (Å²) < 4.78 is 4.14. The minimum atomic E-state index is -0.651. The smallest absolute Gasteiger partial charge is 0.336 e. The van der Waals surface area contributed by atoms with Crippen molar-refractivity contribution in [1.82, 2.24) is 13.7 Å². The largest absolute Gasteiger partial charge is 0.368 e. The Hall–Kier alpha value is -3.61. The maximum absolute atomic E-state index is 13.4. The van der Waals surface area contributed by atoms with Crippen LogP contribution in [0.2, 0.25) is 0 Å². The highest BCUT2D eigenvalue weighted by Crippen LogP contribution is 2.26. The lowest BCUT2D eigenvalue weighted by Crippen LogP contribution is -2.41. The summed E-state index contributed by atoms with van der Waals surface area (Å²) in [4.78, 5) is 38.4. The van der Waals surface area contributed by atoms with Crippen LogP contribution in [0.5, 0.6) is 0 Å². The SMILES string of the molecule is Cc1ccc(-n2c(=O)c3c(c4cc(C)ccc4n3C)n(CC(N)=O)c2=O)cc1. The average molecular weight is 376 g/mol. The van der Waals surface area contributed by atoms with E-state index in [0.717, 1.165) is 26.6 Å². The van der Waals surface area contributed by atoms with Crippen molar-refractivity contribution in [2.24, 2.45) is 12.8 Å². The minimum absolute atomic E-state index is 0.311. The van der Waals surface area contributed by atoms with E-state index >= 15 is 0 Å². The third-order valence-electron chi connectivity index (χ3n) is 5.03. The van der Waals surface area contributed by atoms with E-state index in [-0.39, 0.29) is 6.54 Å². The van der Waals surface area contributed by atoms with E-state index in [1.165, 1.54) is 4.57 Å². The predicted octanol–water partition coefficient (Wildman–Crippen LogP) is 1.75. The standard InChI is InChI=1S/C21H20N4O3/c1-12-4-7-14(8-5-12)25-20(27)19-18(24(21(25)28)11-17(22)26)15-10-13(2)6-9-16(15)23(19)3/h4-10H,11H2,1-3H3,(H2,22,26). The first kappa shape index (κ1) is 17.8. The van der Waals surface area contributed by atoms with Crippen molar-refractivity contribution in [1.29, 1.82) is 0 Å². The zero-order valence-corrected chi connectivity index (χ0v) is 15.9. The lowest BCUT2D eigenvalue weighted by Gasteiger charge is -2.12. The molecule has 0 atom stereocenters. The summed E-state index contributed by atoms with van der Waals surface area (Å²) in [6.07, 6.45) is 0. The Bertz CT molecular complexity index is 1370. The number of carbonyl (C=O) groups is 1. The van der Waals surface area contributed by atoms with Gasteiger partial charge in [0.1, 0.15) is 12.1 Å². The van der Waals surface area contributed by atoms with Gasteiger partial charge in [0.15, 0.2) is 0 Å². The lowest BCUT2D eigenvalue weighted by atomic mass is 10.1. The molecule has 0 fully saturated rings. The van der Waals surface area contributed by atoms with Crippen LogP contribution < -0.4 is 17.0 Å². The Morgan fingerprint density at radius 2 is 1.61 bits per heavy atom. The number of nitrogens with two attached hydrogens (primary N) is 1. The maximum atomic E-state index is 13.4. The van der Waals surface area contributed by atoms with Crippen LogP contribution in [0.25, 0.3) is 27.6 Å². The van der Waals surface area contributed by atoms with Gasteiger partial charge in [-0.1, -0.05) is 29.3 Å². The van der Waals surface area contributed by atoms with Crippen LogP contribution in [0.3, 0.4) is 0 Å². The molecule has 2 aromatic carbocycles. The molecule has 0 radical (unpaired) electrons. The number of primary amides is 1. The summed E-state index contributed by atoms with van der Waals surface area (Å²) in [6.45, 7) is 3.55. The molecule has 2 heterocycles. The van der Waals surface area contributed by atoms with Gasteiger partial charge in [-0.05, 0) is 38.1 Å². The number of aromatic nitrogens is 3. The topological polar surface area (TPSA) is 92.0 Å². The van der Waals surface area contributed by atoms with Crippen molar-refractivity contribution < 1.29 is 4.79 Å². The molecule has 7 heteroatoms. The van der Waals surface area contributed by atoms with E-state index in [9.17, 15) is 14.4 Å². The van der Waals surface area contributed by atoms with E-state index in [1.54, 1.807) is 23.7 Å². The van der Waals surface area contributed by atoms with Crippen LogP contribution in [-0.2, 0) is 18.4 Å². The van der Waals surface area contributed by atoms with Gasteiger partial charge in [-0.2, -0.15) is 0 Å². The number of amides is 1.